The van der Waals surface area contributed by atoms with Crippen molar-refractivity contribution < 1.29 is 18.7 Å². The van der Waals surface area contributed by atoms with Crippen molar-refractivity contribution in [1.29, 1.82) is 0 Å². The van der Waals surface area contributed by atoms with Crippen LogP contribution in [0.25, 0.3) is 22.3 Å². The van der Waals surface area contributed by atoms with E-state index in [1.54, 1.807) is 42.5 Å². The SMILES string of the molecule is COC(=O)Oc1c(-c2ccc(Cl)cc2)oc2cc(C)ccc2c1=O. The molecule has 0 radical (unpaired) electrons. The van der Waals surface area contributed by atoms with E-state index in [2.05, 4.69) is 4.74 Å². The zero-order valence-electron chi connectivity index (χ0n) is 13.0. The zero-order chi connectivity index (χ0) is 17.3. The van der Waals surface area contributed by atoms with E-state index < -0.39 is 11.6 Å². The predicted molar refractivity (Wildman–Crippen MR) is 90.7 cm³/mol. The van der Waals surface area contributed by atoms with Gasteiger partial charge in [0.15, 0.2) is 5.76 Å². The first kappa shape index (κ1) is 16.1. The minimum atomic E-state index is -0.996. The molecular weight excluding hydrogens is 332 g/mol. The highest BCUT2D eigenvalue weighted by Crippen LogP contribution is 2.32. The van der Waals surface area contributed by atoms with E-state index in [1.807, 2.05) is 6.92 Å². The summed E-state index contributed by atoms with van der Waals surface area (Å²) in [4.78, 5) is 24.2. The predicted octanol–water partition coefficient (Wildman–Crippen LogP) is 4.57. The Hall–Kier alpha value is -2.79. The molecule has 1 heterocycles. The lowest BCUT2D eigenvalue weighted by atomic mass is 10.1. The van der Waals surface area contributed by atoms with Gasteiger partial charge in [-0.2, -0.15) is 0 Å². The molecule has 0 N–H and O–H groups in total. The minimum absolute atomic E-state index is 0.139. The van der Waals surface area contributed by atoms with Crippen molar-refractivity contribution in [3.63, 3.8) is 0 Å². The summed E-state index contributed by atoms with van der Waals surface area (Å²) in [5.41, 5.74) is 1.45. The number of aryl methyl sites for hydroxylation is 1. The monoisotopic (exact) mass is 344 g/mol. The van der Waals surface area contributed by atoms with Crippen LogP contribution in [0.2, 0.25) is 5.02 Å². The summed E-state index contributed by atoms with van der Waals surface area (Å²) < 4.78 is 15.4. The Balaban J connectivity index is 2.31. The smallest absolute Gasteiger partial charge is 0.452 e. The summed E-state index contributed by atoms with van der Waals surface area (Å²) in [7, 11) is 1.16. The van der Waals surface area contributed by atoms with Crippen LogP contribution >= 0.6 is 11.6 Å². The second-order valence-electron chi connectivity index (χ2n) is 5.15. The lowest BCUT2D eigenvalue weighted by Gasteiger charge is -2.10. The van der Waals surface area contributed by atoms with Crippen molar-refractivity contribution in [2.45, 2.75) is 6.92 Å². The first-order valence-corrected chi connectivity index (χ1v) is 7.46. The van der Waals surface area contributed by atoms with Crippen molar-refractivity contribution in [3.05, 3.63) is 63.3 Å². The van der Waals surface area contributed by atoms with Crippen LogP contribution in [0.4, 0.5) is 4.79 Å². The molecule has 6 heteroatoms. The highest BCUT2D eigenvalue weighted by molar-refractivity contribution is 6.30. The van der Waals surface area contributed by atoms with Crippen LogP contribution in [-0.2, 0) is 4.74 Å². The fraction of sp³-hybridized carbons (Fsp3) is 0.111. The summed E-state index contributed by atoms with van der Waals surface area (Å²) in [6, 6.07) is 11.8. The quantitative estimate of drug-likeness (QED) is 0.637. The summed E-state index contributed by atoms with van der Waals surface area (Å²) in [5.74, 6) is -0.0827. The molecule has 0 fully saturated rings. The maximum Gasteiger partial charge on any atom is 0.513 e. The van der Waals surface area contributed by atoms with Gasteiger partial charge in [-0.15, -0.1) is 0 Å². The van der Waals surface area contributed by atoms with Gasteiger partial charge in [-0.3, -0.25) is 4.79 Å². The number of carbonyl (C=O) groups is 1. The third-order valence-electron chi connectivity index (χ3n) is 3.46. The van der Waals surface area contributed by atoms with Crippen molar-refractivity contribution in [2.75, 3.05) is 7.11 Å². The Kier molecular flexibility index (Phi) is 4.27. The summed E-state index contributed by atoms with van der Waals surface area (Å²) in [6.45, 7) is 1.89. The molecular formula is C18H13ClO5. The molecule has 122 valence electrons. The molecule has 0 aliphatic rings. The van der Waals surface area contributed by atoms with Crippen molar-refractivity contribution in [2.24, 2.45) is 0 Å². The van der Waals surface area contributed by atoms with Gasteiger partial charge in [0.05, 0.1) is 12.5 Å². The Labute approximate surface area is 142 Å². The number of fused-ring (bicyclic) bond motifs is 1. The Morgan fingerprint density at radius 3 is 2.50 bits per heavy atom. The van der Waals surface area contributed by atoms with Gasteiger partial charge in [0.2, 0.25) is 11.2 Å². The van der Waals surface area contributed by atoms with E-state index in [4.69, 9.17) is 20.8 Å². The van der Waals surface area contributed by atoms with E-state index in [9.17, 15) is 9.59 Å². The molecule has 2 aromatic carbocycles. The maximum absolute atomic E-state index is 12.7. The van der Waals surface area contributed by atoms with E-state index in [0.717, 1.165) is 12.7 Å². The molecule has 0 aliphatic carbocycles. The lowest BCUT2D eigenvalue weighted by molar-refractivity contribution is 0.120. The van der Waals surface area contributed by atoms with Crippen LogP contribution in [0, 0.1) is 6.92 Å². The van der Waals surface area contributed by atoms with Crippen LogP contribution in [0.1, 0.15) is 5.56 Å². The minimum Gasteiger partial charge on any atom is -0.452 e. The fourth-order valence-corrected chi connectivity index (χ4v) is 2.42. The van der Waals surface area contributed by atoms with Gasteiger partial charge in [-0.05, 0) is 48.9 Å². The summed E-state index contributed by atoms with van der Waals surface area (Å²) >= 11 is 5.90. The molecule has 0 atom stereocenters. The van der Waals surface area contributed by atoms with Gasteiger partial charge < -0.3 is 13.9 Å². The third-order valence-corrected chi connectivity index (χ3v) is 3.72. The van der Waals surface area contributed by atoms with Gasteiger partial charge in [0, 0.05) is 10.6 Å². The van der Waals surface area contributed by atoms with Gasteiger partial charge in [0.25, 0.3) is 0 Å². The molecule has 0 unspecified atom stereocenters. The third kappa shape index (κ3) is 2.98. The van der Waals surface area contributed by atoms with Crippen LogP contribution in [0.15, 0.2) is 51.7 Å². The van der Waals surface area contributed by atoms with E-state index >= 15 is 0 Å². The van der Waals surface area contributed by atoms with Crippen molar-refractivity contribution in [3.8, 4) is 17.1 Å². The second-order valence-corrected chi connectivity index (χ2v) is 5.59. The lowest BCUT2D eigenvalue weighted by Crippen LogP contribution is -2.16. The summed E-state index contributed by atoms with van der Waals surface area (Å²) in [5, 5.41) is 0.852. The van der Waals surface area contributed by atoms with Crippen LogP contribution in [0.3, 0.4) is 0 Å². The number of rotatable bonds is 2. The van der Waals surface area contributed by atoms with Crippen LogP contribution in [-0.4, -0.2) is 13.3 Å². The molecule has 24 heavy (non-hydrogen) atoms. The van der Waals surface area contributed by atoms with Crippen LogP contribution in [0.5, 0.6) is 5.75 Å². The molecule has 3 rings (SSSR count). The van der Waals surface area contributed by atoms with E-state index in [1.165, 1.54) is 0 Å². The topological polar surface area (TPSA) is 65.7 Å². The Morgan fingerprint density at radius 1 is 1.12 bits per heavy atom. The molecule has 0 saturated carbocycles. The summed E-state index contributed by atoms with van der Waals surface area (Å²) in [6.07, 6.45) is -0.996. The number of ether oxygens (including phenoxy) is 2. The average molecular weight is 345 g/mol. The van der Waals surface area contributed by atoms with Crippen molar-refractivity contribution >= 4 is 28.7 Å². The highest BCUT2D eigenvalue weighted by atomic mass is 35.5. The number of hydrogen-bond donors (Lipinski definition) is 0. The highest BCUT2D eigenvalue weighted by Gasteiger charge is 2.20. The largest absolute Gasteiger partial charge is 0.513 e. The number of benzene rings is 2. The molecule has 0 spiro atoms. The number of hydrogen-bond acceptors (Lipinski definition) is 5. The number of methoxy groups -OCH3 is 1. The Morgan fingerprint density at radius 2 is 1.83 bits per heavy atom. The van der Waals surface area contributed by atoms with Crippen LogP contribution < -0.4 is 10.2 Å². The number of halogens is 1. The maximum atomic E-state index is 12.7. The normalized spacial score (nSPS) is 10.6. The Bertz CT molecular complexity index is 973. The van der Waals surface area contributed by atoms with Gasteiger partial charge in [0.1, 0.15) is 5.58 Å². The zero-order valence-corrected chi connectivity index (χ0v) is 13.7. The average Bonchev–Trinajstić information content (AvgIpc) is 2.57. The van der Waals surface area contributed by atoms with E-state index in [0.29, 0.717) is 21.6 Å². The van der Waals surface area contributed by atoms with Crippen molar-refractivity contribution in [1.82, 2.24) is 0 Å². The molecule has 0 aliphatic heterocycles. The van der Waals surface area contributed by atoms with E-state index in [-0.39, 0.29) is 11.5 Å². The fourth-order valence-electron chi connectivity index (χ4n) is 2.29. The van der Waals surface area contributed by atoms with Gasteiger partial charge >= 0.3 is 6.16 Å². The standard InChI is InChI=1S/C18H13ClO5/c1-10-3-8-13-14(9-10)23-16(11-4-6-12(19)7-5-11)17(15(13)20)24-18(21)22-2/h3-9H,1-2H3. The molecule has 0 bridgehead atoms. The number of carbonyl (C=O) groups excluding carboxylic acids is 1. The molecule has 0 amide bonds. The molecule has 5 nitrogen and oxygen atoms in total. The first-order valence-electron chi connectivity index (χ1n) is 7.09. The first-order chi connectivity index (χ1) is 11.5. The second kappa shape index (κ2) is 6.37. The van der Waals surface area contributed by atoms with Gasteiger partial charge in [-0.25, -0.2) is 4.79 Å². The van der Waals surface area contributed by atoms with Gasteiger partial charge in [-0.1, -0.05) is 17.7 Å². The molecule has 3 aromatic rings. The molecule has 0 saturated heterocycles. The molecule has 1 aromatic heterocycles.